The first-order valence-electron chi connectivity index (χ1n) is 5.20. The fraction of sp³-hybridized carbons (Fsp3) is 0.444. The molecule has 1 aromatic rings. The standard InChI is InChI=1S/C9H13N3O5S2/c1-2-19(15,16)4-3-17-8(13)7(12-14)6-5-18-9(10)11-6/h5,14H,2-4H2,1H3,(H2,10,11). The number of esters is 1. The predicted molar refractivity (Wildman–Crippen MR) is 70.1 cm³/mol. The molecule has 0 unspecified atom stereocenters. The molecule has 0 saturated heterocycles. The molecule has 0 radical (unpaired) electrons. The number of hydrogen-bond donors (Lipinski definition) is 2. The van der Waals surface area contributed by atoms with Gasteiger partial charge in [0, 0.05) is 11.1 Å². The highest BCUT2D eigenvalue weighted by Gasteiger charge is 2.20. The minimum atomic E-state index is -3.22. The molecule has 1 aromatic heterocycles. The van der Waals surface area contributed by atoms with Crippen LogP contribution < -0.4 is 5.73 Å². The van der Waals surface area contributed by atoms with Gasteiger partial charge in [-0.3, -0.25) is 0 Å². The molecular formula is C9H13N3O5S2. The number of aromatic nitrogens is 1. The summed E-state index contributed by atoms with van der Waals surface area (Å²) in [6, 6.07) is 0. The molecule has 8 nitrogen and oxygen atoms in total. The molecule has 0 aliphatic carbocycles. The zero-order valence-electron chi connectivity index (χ0n) is 10.1. The maximum atomic E-state index is 11.6. The monoisotopic (exact) mass is 307 g/mol. The third kappa shape index (κ3) is 4.48. The number of carbonyl (C=O) groups is 1. The number of rotatable bonds is 6. The average Bonchev–Trinajstić information content (AvgIpc) is 2.76. The summed E-state index contributed by atoms with van der Waals surface area (Å²) in [5, 5.41) is 13.2. The Morgan fingerprint density at radius 1 is 1.63 bits per heavy atom. The molecule has 1 rings (SSSR count). The fourth-order valence-corrected chi connectivity index (χ4v) is 2.24. The van der Waals surface area contributed by atoms with Crippen LogP contribution in [-0.4, -0.2) is 48.4 Å². The third-order valence-corrected chi connectivity index (χ3v) is 4.47. The van der Waals surface area contributed by atoms with Gasteiger partial charge in [0.05, 0.1) is 5.75 Å². The van der Waals surface area contributed by atoms with Gasteiger partial charge in [-0.05, 0) is 0 Å². The normalized spacial score (nSPS) is 12.4. The van der Waals surface area contributed by atoms with Crippen molar-refractivity contribution in [3.05, 3.63) is 11.1 Å². The summed E-state index contributed by atoms with van der Waals surface area (Å²) >= 11 is 1.07. The lowest BCUT2D eigenvalue weighted by Gasteiger charge is -2.04. The number of nitrogens with zero attached hydrogens (tertiary/aromatic N) is 2. The summed E-state index contributed by atoms with van der Waals surface area (Å²) in [7, 11) is -3.22. The van der Waals surface area contributed by atoms with Crippen molar-refractivity contribution in [1.29, 1.82) is 0 Å². The van der Waals surface area contributed by atoms with Crippen LogP contribution in [-0.2, 0) is 19.4 Å². The quantitative estimate of drug-likeness (QED) is 0.324. The smallest absolute Gasteiger partial charge is 0.362 e. The molecule has 0 fully saturated rings. The van der Waals surface area contributed by atoms with Crippen LogP contribution in [0.4, 0.5) is 5.13 Å². The topological polar surface area (TPSA) is 132 Å². The molecule has 1 heterocycles. The first-order chi connectivity index (χ1) is 8.89. The lowest BCUT2D eigenvalue weighted by molar-refractivity contribution is -0.135. The summed E-state index contributed by atoms with van der Waals surface area (Å²) in [5.41, 5.74) is 5.05. The molecule has 0 amide bonds. The number of nitrogens with two attached hydrogens (primary N) is 1. The lowest BCUT2D eigenvalue weighted by atomic mass is 10.3. The van der Waals surface area contributed by atoms with Gasteiger partial charge in [0.25, 0.3) is 0 Å². The largest absolute Gasteiger partial charge is 0.460 e. The van der Waals surface area contributed by atoms with Gasteiger partial charge in [-0.15, -0.1) is 11.3 Å². The Bertz CT molecular complexity index is 578. The van der Waals surface area contributed by atoms with Crippen molar-refractivity contribution in [3.63, 3.8) is 0 Å². The van der Waals surface area contributed by atoms with Crippen LogP contribution in [0.15, 0.2) is 10.5 Å². The molecule has 0 atom stereocenters. The predicted octanol–water partition coefficient (Wildman–Crippen LogP) is -0.118. The van der Waals surface area contributed by atoms with Crippen molar-refractivity contribution in [1.82, 2.24) is 4.98 Å². The molecule has 3 N–H and O–H groups in total. The van der Waals surface area contributed by atoms with Crippen molar-refractivity contribution in [2.45, 2.75) is 6.92 Å². The number of nitrogen functional groups attached to an aromatic ring is 1. The highest BCUT2D eigenvalue weighted by molar-refractivity contribution is 7.91. The van der Waals surface area contributed by atoms with Crippen molar-refractivity contribution in [2.24, 2.45) is 5.16 Å². The van der Waals surface area contributed by atoms with Gasteiger partial charge in [-0.1, -0.05) is 12.1 Å². The Hall–Kier alpha value is -1.68. The van der Waals surface area contributed by atoms with E-state index in [1.165, 1.54) is 12.3 Å². The molecule has 0 aliphatic rings. The number of ether oxygens (including phenoxy) is 1. The SMILES string of the molecule is CCS(=O)(=O)CCOC(=O)C(=NO)c1csc(N)n1. The van der Waals surface area contributed by atoms with Gasteiger partial charge >= 0.3 is 5.97 Å². The van der Waals surface area contributed by atoms with Crippen LogP contribution in [0.3, 0.4) is 0 Å². The van der Waals surface area contributed by atoms with Gasteiger partial charge in [0.1, 0.15) is 12.3 Å². The fourth-order valence-electron chi connectivity index (χ4n) is 1.07. The van der Waals surface area contributed by atoms with E-state index >= 15 is 0 Å². The Morgan fingerprint density at radius 3 is 2.79 bits per heavy atom. The minimum Gasteiger partial charge on any atom is -0.460 e. The minimum absolute atomic E-state index is 0.0336. The number of thiazole rings is 1. The molecule has 0 aliphatic heterocycles. The number of anilines is 1. The van der Waals surface area contributed by atoms with Crippen molar-refractivity contribution in [3.8, 4) is 0 Å². The Morgan fingerprint density at radius 2 is 2.32 bits per heavy atom. The first-order valence-corrected chi connectivity index (χ1v) is 7.90. The first kappa shape index (κ1) is 15.4. The van der Waals surface area contributed by atoms with Crippen molar-refractivity contribution < 1.29 is 23.2 Å². The maximum absolute atomic E-state index is 11.6. The van der Waals surface area contributed by atoms with Crippen LogP contribution in [0.25, 0.3) is 0 Å². The van der Waals surface area contributed by atoms with Gasteiger partial charge in [-0.25, -0.2) is 18.2 Å². The van der Waals surface area contributed by atoms with Crippen molar-refractivity contribution in [2.75, 3.05) is 23.8 Å². The van der Waals surface area contributed by atoms with E-state index in [0.717, 1.165) is 11.3 Å². The number of carbonyl (C=O) groups excluding carboxylic acids is 1. The molecule has 0 bridgehead atoms. The van der Waals surface area contributed by atoms with E-state index in [1.54, 1.807) is 0 Å². The Labute approximate surface area is 113 Å². The highest BCUT2D eigenvalue weighted by Crippen LogP contribution is 2.12. The van der Waals surface area contributed by atoms with Crippen LogP contribution in [0, 0.1) is 0 Å². The van der Waals surface area contributed by atoms with Gasteiger partial charge < -0.3 is 15.7 Å². The molecule has 10 heteroatoms. The molecular weight excluding hydrogens is 294 g/mol. The van der Waals surface area contributed by atoms with E-state index in [1.807, 2.05) is 0 Å². The van der Waals surface area contributed by atoms with Gasteiger partial charge in [-0.2, -0.15) is 0 Å². The Balaban J connectivity index is 2.62. The van der Waals surface area contributed by atoms with Crippen LogP contribution >= 0.6 is 11.3 Å². The van der Waals surface area contributed by atoms with E-state index in [9.17, 15) is 13.2 Å². The van der Waals surface area contributed by atoms with Crippen LogP contribution in [0.2, 0.25) is 0 Å². The van der Waals surface area contributed by atoms with E-state index < -0.39 is 21.5 Å². The zero-order chi connectivity index (χ0) is 14.5. The summed E-state index contributed by atoms with van der Waals surface area (Å²) in [4.78, 5) is 15.3. The molecule has 106 valence electrons. The molecule has 19 heavy (non-hydrogen) atoms. The summed E-state index contributed by atoms with van der Waals surface area (Å²) in [6.07, 6.45) is 0. The maximum Gasteiger partial charge on any atom is 0.362 e. The van der Waals surface area contributed by atoms with E-state index in [4.69, 9.17) is 15.7 Å². The van der Waals surface area contributed by atoms with Crippen molar-refractivity contribution >= 4 is 38.0 Å². The molecule has 0 spiro atoms. The second-order valence-electron chi connectivity index (χ2n) is 3.39. The van der Waals surface area contributed by atoms with E-state index in [-0.39, 0.29) is 28.9 Å². The third-order valence-electron chi connectivity index (χ3n) is 2.13. The highest BCUT2D eigenvalue weighted by atomic mass is 32.2. The molecule has 0 saturated carbocycles. The zero-order valence-corrected chi connectivity index (χ0v) is 11.7. The number of oxime groups is 1. The van der Waals surface area contributed by atoms with Crippen LogP contribution in [0.1, 0.15) is 12.6 Å². The van der Waals surface area contributed by atoms with Gasteiger partial charge in [0.15, 0.2) is 15.0 Å². The number of hydrogen-bond acceptors (Lipinski definition) is 9. The second-order valence-corrected chi connectivity index (χ2v) is 6.75. The lowest BCUT2D eigenvalue weighted by Crippen LogP contribution is -2.23. The van der Waals surface area contributed by atoms with E-state index in [0.29, 0.717) is 0 Å². The second kappa shape index (κ2) is 6.48. The average molecular weight is 307 g/mol. The molecule has 0 aromatic carbocycles. The van der Waals surface area contributed by atoms with E-state index in [2.05, 4.69) is 10.1 Å². The van der Waals surface area contributed by atoms with Gasteiger partial charge in [0.2, 0.25) is 5.71 Å². The summed E-state index contributed by atoms with van der Waals surface area (Å²) in [6.45, 7) is 1.18. The van der Waals surface area contributed by atoms with Crippen LogP contribution in [0.5, 0.6) is 0 Å². The summed E-state index contributed by atoms with van der Waals surface area (Å²) < 4.78 is 27.1. The Kier molecular flexibility index (Phi) is 5.24. The number of sulfone groups is 1. The summed E-state index contributed by atoms with van der Waals surface area (Å²) in [5.74, 6) is -1.28.